The predicted molar refractivity (Wildman–Crippen MR) is 84.7 cm³/mol. The molecule has 21 heavy (non-hydrogen) atoms. The smallest absolute Gasteiger partial charge is 0.218 e. The molecule has 6 nitrogen and oxygen atoms in total. The number of hydrogen-bond donors (Lipinski definition) is 1. The molecule has 2 N–H and O–H groups in total. The van der Waals surface area contributed by atoms with Gasteiger partial charge in [-0.3, -0.25) is 4.90 Å². The second-order valence-electron chi connectivity index (χ2n) is 6.37. The molecule has 0 bridgehead atoms. The molecule has 0 unspecified atom stereocenters. The van der Waals surface area contributed by atoms with Crippen molar-refractivity contribution in [2.24, 2.45) is 5.73 Å². The van der Waals surface area contributed by atoms with Crippen molar-refractivity contribution in [3.63, 3.8) is 0 Å². The monoisotopic (exact) mass is 293 g/mol. The van der Waals surface area contributed by atoms with Gasteiger partial charge in [0.25, 0.3) is 0 Å². The molecule has 0 saturated carbocycles. The first-order valence-electron chi connectivity index (χ1n) is 7.61. The maximum absolute atomic E-state index is 5.86. The van der Waals surface area contributed by atoms with Crippen molar-refractivity contribution < 1.29 is 4.74 Å². The number of nitrogens with zero attached hydrogens (tertiary/aromatic N) is 4. The van der Waals surface area contributed by atoms with Gasteiger partial charge < -0.3 is 15.4 Å². The van der Waals surface area contributed by atoms with Gasteiger partial charge in [0.1, 0.15) is 12.1 Å². The summed E-state index contributed by atoms with van der Waals surface area (Å²) in [7, 11) is 0. The first-order valence-corrected chi connectivity index (χ1v) is 7.61. The van der Waals surface area contributed by atoms with E-state index < -0.39 is 0 Å². The molecule has 1 aliphatic heterocycles. The predicted octanol–water partition coefficient (Wildman–Crippen LogP) is 1.12. The fraction of sp³-hybridized carbons (Fsp3) is 0.733. The topological polar surface area (TPSA) is 67.5 Å². The van der Waals surface area contributed by atoms with E-state index in [1.54, 1.807) is 6.33 Å². The van der Waals surface area contributed by atoms with Crippen LogP contribution in [-0.2, 0) is 0 Å². The van der Waals surface area contributed by atoms with E-state index in [-0.39, 0.29) is 11.6 Å². The zero-order valence-corrected chi connectivity index (χ0v) is 13.5. The molecule has 0 amide bonds. The summed E-state index contributed by atoms with van der Waals surface area (Å²) in [5.74, 6) is 1.57. The van der Waals surface area contributed by atoms with Gasteiger partial charge in [0, 0.05) is 44.3 Å². The Morgan fingerprint density at radius 3 is 2.48 bits per heavy atom. The van der Waals surface area contributed by atoms with Crippen LogP contribution in [0.5, 0.6) is 5.88 Å². The first-order chi connectivity index (χ1) is 9.92. The highest BCUT2D eigenvalue weighted by molar-refractivity contribution is 5.41. The van der Waals surface area contributed by atoms with Crippen molar-refractivity contribution >= 4 is 5.82 Å². The average molecular weight is 293 g/mol. The molecule has 1 saturated heterocycles. The van der Waals surface area contributed by atoms with Crippen LogP contribution in [0.3, 0.4) is 0 Å². The van der Waals surface area contributed by atoms with Crippen LogP contribution in [0.1, 0.15) is 27.7 Å². The molecule has 0 radical (unpaired) electrons. The van der Waals surface area contributed by atoms with Crippen molar-refractivity contribution in [1.82, 2.24) is 14.9 Å². The maximum Gasteiger partial charge on any atom is 0.218 e. The summed E-state index contributed by atoms with van der Waals surface area (Å²) in [6.45, 7) is 12.9. The molecule has 2 rings (SSSR count). The summed E-state index contributed by atoms with van der Waals surface area (Å²) in [5.41, 5.74) is 5.92. The normalized spacial score (nSPS) is 17.3. The summed E-state index contributed by atoms with van der Waals surface area (Å²) in [5, 5.41) is 0. The van der Waals surface area contributed by atoms with Gasteiger partial charge in [-0.25, -0.2) is 9.97 Å². The molecule has 1 aliphatic rings. The van der Waals surface area contributed by atoms with E-state index in [9.17, 15) is 0 Å². The quantitative estimate of drug-likeness (QED) is 0.877. The number of aromatic nitrogens is 2. The van der Waals surface area contributed by atoms with Crippen molar-refractivity contribution in [2.75, 3.05) is 37.6 Å². The van der Waals surface area contributed by atoms with Crippen molar-refractivity contribution in [3.8, 4) is 5.88 Å². The Morgan fingerprint density at radius 1 is 1.24 bits per heavy atom. The lowest BCUT2D eigenvalue weighted by atomic mass is 10.0. The summed E-state index contributed by atoms with van der Waals surface area (Å²) in [6.07, 6.45) is 1.69. The number of hydrogen-bond acceptors (Lipinski definition) is 6. The zero-order valence-electron chi connectivity index (χ0n) is 13.5. The highest BCUT2D eigenvalue weighted by Gasteiger charge is 2.29. The number of anilines is 1. The number of nitrogens with two attached hydrogens (primary N) is 1. The first kappa shape index (κ1) is 16.0. The Bertz CT molecular complexity index is 455. The number of ether oxygens (including phenoxy) is 1. The molecule has 0 spiro atoms. The molecule has 0 aromatic carbocycles. The van der Waals surface area contributed by atoms with E-state index in [0.29, 0.717) is 12.4 Å². The van der Waals surface area contributed by atoms with Gasteiger partial charge in [0.2, 0.25) is 5.88 Å². The molecular weight excluding hydrogens is 266 g/mol. The second kappa shape index (κ2) is 6.58. The lowest BCUT2D eigenvalue weighted by molar-refractivity contribution is 0.119. The van der Waals surface area contributed by atoms with Crippen LogP contribution < -0.4 is 15.4 Å². The molecule has 2 heterocycles. The number of piperazine rings is 1. The Kier molecular flexibility index (Phi) is 5.00. The van der Waals surface area contributed by atoms with Gasteiger partial charge in [-0.1, -0.05) is 0 Å². The van der Waals surface area contributed by atoms with E-state index in [1.807, 2.05) is 19.9 Å². The van der Waals surface area contributed by atoms with Crippen molar-refractivity contribution in [3.05, 3.63) is 12.4 Å². The Morgan fingerprint density at radius 2 is 1.90 bits per heavy atom. The third-order valence-electron chi connectivity index (χ3n) is 3.94. The van der Waals surface area contributed by atoms with E-state index in [0.717, 1.165) is 32.0 Å². The van der Waals surface area contributed by atoms with Crippen LogP contribution in [0.2, 0.25) is 0 Å². The van der Waals surface area contributed by atoms with E-state index in [1.165, 1.54) is 0 Å². The molecule has 6 heteroatoms. The average Bonchev–Trinajstić information content (AvgIpc) is 2.47. The van der Waals surface area contributed by atoms with Crippen molar-refractivity contribution in [2.45, 2.75) is 39.3 Å². The lowest BCUT2D eigenvalue weighted by Crippen LogP contribution is -2.57. The molecule has 1 aromatic rings. The van der Waals surface area contributed by atoms with Gasteiger partial charge in [-0.2, -0.15) is 0 Å². The van der Waals surface area contributed by atoms with Crippen LogP contribution in [0, 0.1) is 0 Å². The van der Waals surface area contributed by atoms with Crippen LogP contribution in [0.4, 0.5) is 5.82 Å². The zero-order chi connectivity index (χ0) is 15.5. The highest BCUT2D eigenvalue weighted by Crippen LogP contribution is 2.21. The summed E-state index contributed by atoms with van der Waals surface area (Å²) in [6, 6.07) is 1.92. The Labute approximate surface area is 127 Å². The van der Waals surface area contributed by atoms with Gasteiger partial charge in [0.05, 0.1) is 6.10 Å². The van der Waals surface area contributed by atoms with Crippen LogP contribution in [0.15, 0.2) is 12.4 Å². The maximum atomic E-state index is 5.86. The summed E-state index contributed by atoms with van der Waals surface area (Å²) >= 11 is 0. The number of rotatable bonds is 5. The molecule has 1 fully saturated rings. The molecule has 0 atom stereocenters. The molecular formula is C15H27N5O. The molecule has 1 aromatic heterocycles. The molecule has 0 aliphatic carbocycles. The summed E-state index contributed by atoms with van der Waals surface area (Å²) < 4.78 is 5.63. The van der Waals surface area contributed by atoms with Gasteiger partial charge >= 0.3 is 0 Å². The third-order valence-corrected chi connectivity index (χ3v) is 3.94. The standard InChI is InChI=1S/C15H27N5O/c1-12(2)21-14-9-13(17-11-18-14)19-5-7-20(8-6-19)15(3,4)10-16/h9,11-12H,5-8,10,16H2,1-4H3. The van der Waals surface area contributed by atoms with Gasteiger partial charge in [-0.05, 0) is 27.7 Å². The largest absolute Gasteiger partial charge is 0.475 e. The lowest BCUT2D eigenvalue weighted by Gasteiger charge is -2.43. The summed E-state index contributed by atoms with van der Waals surface area (Å²) in [4.78, 5) is 13.2. The second-order valence-corrected chi connectivity index (χ2v) is 6.37. The van der Waals surface area contributed by atoms with Crippen LogP contribution in [0.25, 0.3) is 0 Å². The highest BCUT2D eigenvalue weighted by atomic mass is 16.5. The minimum atomic E-state index is 0.0592. The van der Waals surface area contributed by atoms with E-state index in [4.69, 9.17) is 10.5 Å². The third kappa shape index (κ3) is 4.04. The fourth-order valence-corrected chi connectivity index (χ4v) is 2.48. The van der Waals surface area contributed by atoms with Crippen LogP contribution >= 0.6 is 0 Å². The van der Waals surface area contributed by atoms with Gasteiger partial charge in [0.15, 0.2) is 0 Å². The molecule has 118 valence electrons. The van der Waals surface area contributed by atoms with Crippen molar-refractivity contribution in [1.29, 1.82) is 0 Å². The van der Waals surface area contributed by atoms with E-state index in [2.05, 4.69) is 33.6 Å². The van der Waals surface area contributed by atoms with E-state index >= 15 is 0 Å². The van der Waals surface area contributed by atoms with Gasteiger partial charge in [-0.15, -0.1) is 0 Å². The fourth-order valence-electron chi connectivity index (χ4n) is 2.48. The van der Waals surface area contributed by atoms with Crippen LogP contribution in [-0.4, -0.2) is 59.2 Å². The minimum absolute atomic E-state index is 0.0592. The minimum Gasteiger partial charge on any atom is -0.475 e. The Hall–Kier alpha value is -1.40. The Balaban J connectivity index is 1.99. The SMILES string of the molecule is CC(C)Oc1cc(N2CCN(C(C)(C)CN)CC2)ncn1.